The van der Waals surface area contributed by atoms with Crippen LogP contribution in [0.15, 0.2) is 0 Å². The second-order valence-electron chi connectivity index (χ2n) is 9.84. The van der Waals surface area contributed by atoms with Gasteiger partial charge < -0.3 is 41.1 Å². The molecule has 13 nitrogen and oxygen atoms in total. The summed E-state index contributed by atoms with van der Waals surface area (Å²) in [5, 5.41) is 24.4. The molecule has 2 aliphatic rings. The molecule has 34 heavy (non-hydrogen) atoms. The lowest BCUT2D eigenvalue weighted by Gasteiger charge is -2.51. The minimum atomic E-state index is -1.32. The van der Waals surface area contributed by atoms with Gasteiger partial charge in [-0.3, -0.25) is 19.2 Å². The van der Waals surface area contributed by atoms with Crippen LogP contribution in [0.5, 0.6) is 0 Å². The number of aliphatic hydroxyl groups is 2. The molecule has 2 rings (SSSR count). The van der Waals surface area contributed by atoms with Gasteiger partial charge >= 0.3 is 6.09 Å². The van der Waals surface area contributed by atoms with Crippen LogP contribution in [0, 0.1) is 0 Å². The van der Waals surface area contributed by atoms with Gasteiger partial charge in [-0.15, -0.1) is 0 Å². The molecule has 13 heteroatoms. The molecular weight excluding hydrogens is 450 g/mol. The molecule has 6 N–H and O–H groups in total. The first-order valence-electron chi connectivity index (χ1n) is 11.1. The van der Waals surface area contributed by atoms with Crippen molar-refractivity contribution in [3.63, 3.8) is 0 Å². The van der Waals surface area contributed by atoms with Crippen molar-refractivity contribution < 1.29 is 38.9 Å². The number of nitrogens with two attached hydrogens (primary N) is 1. The van der Waals surface area contributed by atoms with Gasteiger partial charge in [0.1, 0.15) is 23.2 Å². The van der Waals surface area contributed by atoms with Gasteiger partial charge in [0.05, 0.1) is 25.3 Å². The molecule has 0 saturated carbocycles. The van der Waals surface area contributed by atoms with Crippen molar-refractivity contribution in [2.75, 3.05) is 19.6 Å². The Morgan fingerprint density at radius 3 is 2.18 bits per heavy atom. The Balaban J connectivity index is 2.07. The van der Waals surface area contributed by atoms with Crippen LogP contribution < -0.4 is 16.4 Å². The molecule has 1 spiro atoms. The van der Waals surface area contributed by atoms with Crippen molar-refractivity contribution in [2.24, 2.45) is 5.73 Å². The average Bonchev–Trinajstić information content (AvgIpc) is 3.13. The predicted octanol–water partition coefficient (Wildman–Crippen LogP) is -2.19. The van der Waals surface area contributed by atoms with Gasteiger partial charge in [-0.2, -0.15) is 0 Å². The van der Waals surface area contributed by atoms with Crippen LogP contribution in [-0.4, -0.2) is 105 Å². The van der Waals surface area contributed by atoms with E-state index in [2.05, 4.69) is 10.6 Å². The fourth-order valence-corrected chi connectivity index (χ4v) is 4.19. The summed E-state index contributed by atoms with van der Waals surface area (Å²) in [5.41, 5.74) is 3.18. The number of β-lactam (4-membered cyclic amide) rings is 1. The Hall–Kier alpha value is -2.93. The van der Waals surface area contributed by atoms with E-state index < -0.39 is 65.2 Å². The van der Waals surface area contributed by atoms with E-state index >= 15 is 0 Å². The first-order chi connectivity index (χ1) is 15.6. The number of rotatable bonds is 8. The minimum Gasteiger partial charge on any atom is -0.444 e. The summed E-state index contributed by atoms with van der Waals surface area (Å²) in [6.07, 6.45) is -2.44. The Morgan fingerprint density at radius 2 is 1.71 bits per heavy atom. The summed E-state index contributed by atoms with van der Waals surface area (Å²) in [6.45, 7) is 7.55. The lowest BCUT2D eigenvalue weighted by atomic mass is 9.85. The third-order valence-electron chi connectivity index (χ3n) is 5.75. The van der Waals surface area contributed by atoms with Crippen LogP contribution in [0.1, 0.15) is 47.5 Å². The summed E-state index contributed by atoms with van der Waals surface area (Å²) >= 11 is 0. The van der Waals surface area contributed by atoms with E-state index in [9.17, 15) is 34.2 Å². The highest BCUT2D eigenvalue weighted by Crippen LogP contribution is 2.39. The Kier molecular flexibility index (Phi) is 8.14. The van der Waals surface area contributed by atoms with E-state index in [4.69, 9.17) is 10.5 Å². The highest BCUT2D eigenvalue weighted by molar-refractivity contribution is 6.01. The molecule has 2 saturated heterocycles. The van der Waals surface area contributed by atoms with Gasteiger partial charge in [-0.25, -0.2) is 4.79 Å². The zero-order valence-corrected chi connectivity index (χ0v) is 20.2. The fraction of sp³-hybridized carbons (Fsp3) is 0.762. The van der Waals surface area contributed by atoms with Crippen LogP contribution >= 0.6 is 0 Å². The number of primary amides is 1. The Morgan fingerprint density at radius 1 is 1.12 bits per heavy atom. The van der Waals surface area contributed by atoms with E-state index in [1.165, 1.54) is 23.6 Å². The van der Waals surface area contributed by atoms with Crippen LogP contribution in [0.3, 0.4) is 0 Å². The number of carbonyl (C=O) groups is 5. The van der Waals surface area contributed by atoms with E-state index in [0.29, 0.717) is 12.8 Å². The van der Waals surface area contributed by atoms with E-state index in [-0.39, 0.29) is 19.6 Å². The average molecular weight is 486 g/mol. The van der Waals surface area contributed by atoms with Crippen LogP contribution in [0.4, 0.5) is 4.79 Å². The van der Waals surface area contributed by atoms with Gasteiger partial charge in [-0.05, 0) is 47.5 Å². The fourth-order valence-electron chi connectivity index (χ4n) is 4.19. The SMILES string of the molecule is CC(O)C(NC(=O)CN1CC2(CCCN2C(=O)[C@@H](NC(=O)OC(C)(C)C)[C@@H](C)O)C1=O)C(N)=O. The Bertz CT molecular complexity index is 840. The number of nitrogens with one attached hydrogen (secondary N) is 2. The molecule has 2 aliphatic heterocycles. The maximum absolute atomic E-state index is 13.2. The zero-order valence-electron chi connectivity index (χ0n) is 20.2. The van der Waals surface area contributed by atoms with Gasteiger partial charge in [0.2, 0.25) is 17.7 Å². The van der Waals surface area contributed by atoms with Crippen LogP contribution in [0.2, 0.25) is 0 Å². The van der Waals surface area contributed by atoms with Gasteiger partial charge in [0.25, 0.3) is 5.91 Å². The maximum Gasteiger partial charge on any atom is 0.408 e. The molecule has 0 aromatic carbocycles. The number of likely N-dealkylation sites (tertiary alicyclic amines) is 2. The predicted molar refractivity (Wildman–Crippen MR) is 118 cm³/mol. The zero-order chi connectivity index (χ0) is 26.0. The van der Waals surface area contributed by atoms with E-state index in [1.807, 2.05) is 0 Å². The molecule has 0 aromatic heterocycles. The molecule has 192 valence electrons. The van der Waals surface area contributed by atoms with Crippen molar-refractivity contribution >= 4 is 29.7 Å². The topological polar surface area (TPSA) is 192 Å². The Labute approximate surface area is 197 Å². The van der Waals surface area contributed by atoms with Crippen molar-refractivity contribution in [2.45, 2.75) is 82.9 Å². The van der Waals surface area contributed by atoms with Crippen molar-refractivity contribution in [1.29, 1.82) is 0 Å². The first kappa shape index (κ1) is 27.3. The summed E-state index contributed by atoms with van der Waals surface area (Å²) < 4.78 is 5.17. The standard InChI is InChI=1S/C21H35N5O8/c1-11(27)14(16(22)30)23-13(29)9-25-10-21(18(25)32)7-6-8-26(21)17(31)15(12(2)28)24-19(33)34-20(3,4)5/h11-12,14-15,27-28H,6-10H2,1-5H3,(H2,22,30)(H,23,29)(H,24,33)/t11?,12-,14?,15+,21?/m1/s1. The number of aliphatic hydroxyl groups excluding tert-OH is 2. The molecule has 0 radical (unpaired) electrons. The number of amides is 5. The number of nitrogens with zero attached hydrogens (tertiary/aromatic N) is 2. The van der Waals surface area contributed by atoms with Crippen molar-refractivity contribution in [3.8, 4) is 0 Å². The number of alkyl carbamates (subject to hydrolysis) is 1. The highest BCUT2D eigenvalue weighted by atomic mass is 16.6. The summed E-state index contributed by atoms with van der Waals surface area (Å²) in [4.78, 5) is 64.6. The first-order valence-corrected chi connectivity index (χ1v) is 11.1. The minimum absolute atomic E-state index is 0.0693. The third-order valence-corrected chi connectivity index (χ3v) is 5.75. The molecular formula is C21H35N5O8. The normalized spacial score (nSPS) is 23.6. The van der Waals surface area contributed by atoms with Crippen LogP contribution in [-0.2, 0) is 23.9 Å². The third kappa shape index (κ3) is 5.95. The number of hydrogen-bond donors (Lipinski definition) is 5. The molecule has 2 heterocycles. The second-order valence-corrected chi connectivity index (χ2v) is 9.84. The van der Waals surface area contributed by atoms with E-state index in [1.54, 1.807) is 20.8 Å². The molecule has 5 atom stereocenters. The molecule has 2 fully saturated rings. The summed E-state index contributed by atoms with van der Waals surface area (Å²) in [5.74, 6) is -2.68. The largest absolute Gasteiger partial charge is 0.444 e. The number of carbonyl (C=O) groups excluding carboxylic acids is 5. The summed E-state index contributed by atoms with van der Waals surface area (Å²) in [7, 11) is 0. The quantitative estimate of drug-likeness (QED) is 0.239. The molecule has 0 aromatic rings. The molecule has 3 unspecified atom stereocenters. The van der Waals surface area contributed by atoms with E-state index in [0.717, 1.165) is 0 Å². The molecule has 0 bridgehead atoms. The maximum atomic E-state index is 13.2. The monoisotopic (exact) mass is 485 g/mol. The van der Waals surface area contributed by atoms with Gasteiger partial charge in [0, 0.05) is 6.54 Å². The smallest absolute Gasteiger partial charge is 0.408 e. The lowest BCUT2D eigenvalue weighted by molar-refractivity contribution is -0.170. The second kappa shape index (κ2) is 10.1. The molecule has 0 aliphatic carbocycles. The van der Waals surface area contributed by atoms with Crippen molar-refractivity contribution in [3.05, 3.63) is 0 Å². The van der Waals surface area contributed by atoms with Crippen LogP contribution in [0.25, 0.3) is 0 Å². The molecule has 5 amide bonds. The van der Waals surface area contributed by atoms with Gasteiger partial charge in [-0.1, -0.05) is 0 Å². The lowest BCUT2D eigenvalue weighted by Crippen LogP contribution is -2.75. The number of ether oxygens (including phenoxy) is 1. The highest BCUT2D eigenvalue weighted by Gasteiger charge is 2.60. The number of hydrogen-bond acceptors (Lipinski definition) is 8. The van der Waals surface area contributed by atoms with Gasteiger partial charge in [0.15, 0.2) is 0 Å². The van der Waals surface area contributed by atoms with Crippen molar-refractivity contribution in [1.82, 2.24) is 20.4 Å². The summed E-state index contributed by atoms with van der Waals surface area (Å²) in [6, 6.07) is -2.62.